The van der Waals surface area contributed by atoms with Crippen molar-refractivity contribution < 1.29 is 29.1 Å². The zero-order valence-electron chi connectivity index (χ0n) is 20.1. The normalized spacial score (nSPS) is 19.7. The summed E-state index contributed by atoms with van der Waals surface area (Å²) in [5.74, 6) is -3.88. The maximum Gasteiger partial charge on any atom is 0.289 e. The van der Waals surface area contributed by atoms with Gasteiger partial charge in [0.15, 0.2) is 5.60 Å². The van der Waals surface area contributed by atoms with Gasteiger partial charge in [-0.1, -0.05) is 48.5 Å². The van der Waals surface area contributed by atoms with Crippen LogP contribution in [0.1, 0.15) is 36.8 Å². The smallest absolute Gasteiger partial charge is 0.289 e. The molecule has 2 fully saturated rings. The summed E-state index contributed by atoms with van der Waals surface area (Å²) < 4.78 is 0. The van der Waals surface area contributed by atoms with Crippen molar-refractivity contribution in [1.82, 2.24) is 21.3 Å². The highest BCUT2D eigenvalue weighted by atomic mass is 16.3. The molecule has 5 N–H and O–H groups in total. The standard InChI is InChI=1S/C27H28N4O6/c32-22(31-21(13-15-11-12-28-24(15)34)23(33)25(35)30-16-9-10-16)14-29-26(36)27(37)19-7-3-1-5-17(19)18-6-2-4-8-20(18)27/h1-8,15-16,21,37H,9-14H2,(H,28,34)(H,29,36)(H,30,35)(H,31,32). The molecule has 37 heavy (non-hydrogen) atoms. The summed E-state index contributed by atoms with van der Waals surface area (Å²) >= 11 is 0. The Morgan fingerprint density at radius 2 is 1.59 bits per heavy atom. The number of benzene rings is 2. The second kappa shape index (κ2) is 9.78. The van der Waals surface area contributed by atoms with E-state index in [9.17, 15) is 29.1 Å². The number of ketones is 1. The topological polar surface area (TPSA) is 154 Å². The molecule has 1 saturated carbocycles. The zero-order valence-corrected chi connectivity index (χ0v) is 20.1. The number of nitrogens with one attached hydrogen (secondary N) is 4. The van der Waals surface area contributed by atoms with Gasteiger partial charge in [0.05, 0.1) is 12.6 Å². The Kier molecular flexibility index (Phi) is 6.51. The van der Waals surface area contributed by atoms with Crippen LogP contribution < -0.4 is 21.3 Å². The van der Waals surface area contributed by atoms with Gasteiger partial charge in [-0.05, 0) is 36.8 Å². The van der Waals surface area contributed by atoms with Crippen LogP contribution in [0.2, 0.25) is 0 Å². The van der Waals surface area contributed by atoms with Gasteiger partial charge in [-0.15, -0.1) is 0 Å². The van der Waals surface area contributed by atoms with Crippen LogP contribution in [0, 0.1) is 5.92 Å². The van der Waals surface area contributed by atoms with Gasteiger partial charge in [0.25, 0.3) is 11.8 Å². The maximum atomic E-state index is 13.2. The highest BCUT2D eigenvalue weighted by Gasteiger charge is 2.47. The molecule has 2 atom stereocenters. The fourth-order valence-electron chi connectivity index (χ4n) is 5.02. The fourth-order valence-corrected chi connectivity index (χ4v) is 5.02. The van der Waals surface area contributed by atoms with Crippen molar-refractivity contribution in [3.8, 4) is 11.1 Å². The molecule has 3 aliphatic rings. The van der Waals surface area contributed by atoms with E-state index < -0.39 is 47.6 Å². The number of fused-ring (bicyclic) bond motifs is 3. The lowest BCUT2D eigenvalue weighted by Gasteiger charge is -2.25. The van der Waals surface area contributed by atoms with E-state index in [-0.39, 0.29) is 18.4 Å². The van der Waals surface area contributed by atoms with Crippen molar-refractivity contribution in [3.05, 3.63) is 59.7 Å². The molecular weight excluding hydrogens is 476 g/mol. The molecule has 1 aliphatic heterocycles. The average molecular weight is 505 g/mol. The minimum atomic E-state index is -1.99. The third kappa shape index (κ3) is 4.72. The quantitative estimate of drug-likeness (QED) is 0.300. The van der Waals surface area contributed by atoms with E-state index in [4.69, 9.17) is 0 Å². The monoisotopic (exact) mass is 504 g/mol. The third-order valence-electron chi connectivity index (χ3n) is 7.13. The second-order valence-electron chi connectivity index (χ2n) is 9.73. The number of hydrogen-bond donors (Lipinski definition) is 5. The van der Waals surface area contributed by atoms with Crippen molar-refractivity contribution in [2.75, 3.05) is 13.1 Å². The number of aliphatic hydroxyl groups is 1. The van der Waals surface area contributed by atoms with Gasteiger partial charge in [-0.3, -0.25) is 24.0 Å². The number of amides is 4. The van der Waals surface area contributed by atoms with Gasteiger partial charge in [0, 0.05) is 29.6 Å². The molecule has 1 saturated heterocycles. The van der Waals surface area contributed by atoms with Crippen LogP contribution in [-0.2, 0) is 29.6 Å². The number of carbonyl (C=O) groups is 5. The molecule has 1 heterocycles. The summed E-state index contributed by atoms with van der Waals surface area (Å²) in [6.45, 7) is -0.0689. The van der Waals surface area contributed by atoms with Crippen molar-refractivity contribution >= 4 is 29.4 Å². The summed E-state index contributed by atoms with van der Waals surface area (Å²) in [4.78, 5) is 63.3. The highest BCUT2D eigenvalue weighted by Crippen LogP contribution is 2.47. The van der Waals surface area contributed by atoms with Crippen LogP contribution in [0.25, 0.3) is 11.1 Å². The SMILES string of the molecule is O=C(CNC(=O)C1(O)c2ccccc2-c2ccccc21)NC(CC1CCNC1=O)C(=O)C(=O)NC1CC1. The number of Topliss-reactive ketones (excluding diaryl/α,β-unsaturated/α-hetero) is 1. The fraction of sp³-hybridized carbons (Fsp3) is 0.370. The molecule has 2 aromatic rings. The first-order valence-corrected chi connectivity index (χ1v) is 12.4. The Labute approximate surface area is 213 Å². The number of carbonyl (C=O) groups excluding carboxylic acids is 5. The van der Waals surface area contributed by atoms with Gasteiger partial charge >= 0.3 is 0 Å². The lowest BCUT2D eigenvalue weighted by molar-refractivity contribution is -0.141. The Hall–Kier alpha value is -4.05. The van der Waals surface area contributed by atoms with E-state index in [0.717, 1.165) is 24.0 Å². The van der Waals surface area contributed by atoms with Crippen LogP contribution in [0.3, 0.4) is 0 Å². The van der Waals surface area contributed by atoms with Gasteiger partial charge < -0.3 is 26.4 Å². The van der Waals surface area contributed by atoms with Crippen molar-refractivity contribution in [2.45, 2.75) is 43.4 Å². The van der Waals surface area contributed by atoms with Crippen molar-refractivity contribution in [2.24, 2.45) is 5.92 Å². The molecule has 0 bridgehead atoms. The molecule has 2 unspecified atom stereocenters. The van der Waals surface area contributed by atoms with E-state index in [0.29, 0.717) is 24.1 Å². The van der Waals surface area contributed by atoms with Gasteiger partial charge in [-0.25, -0.2) is 0 Å². The number of rotatable bonds is 9. The molecule has 10 nitrogen and oxygen atoms in total. The molecular formula is C27H28N4O6. The summed E-state index contributed by atoms with van der Waals surface area (Å²) in [6.07, 6.45) is 2.06. The van der Waals surface area contributed by atoms with Gasteiger partial charge in [-0.2, -0.15) is 0 Å². The van der Waals surface area contributed by atoms with Crippen LogP contribution in [-0.4, -0.2) is 59.7 Å². The van der Waals surface area contributed by atoms with Crippen LogP contribution in [0.15, 0.2) is 48.5 Å². The molecule has 192 valence electrons. The summed E-state index contributed by atoms with van der Waals surface area (Å²) in [5, 5.41) is 21.8. The first-order chi connectivity index (χ1) is 17.8. The minimum absolute atomic E-state index is 0.0207. The van der Waals surface area contributed by atoms with E-state index in [1.807, 2.05) is 24.3 Å². The Morgan fingerprint density at radius 1 is 0.973 bits per heavy atom. The summed E-state index contributed by atoms with van der Waals surface area (Å²) in [7, 11) is 0. The van der Waals surface area contributed by atoms with E-state index in [1.54, 1.807) is 24.3 Å². The van der Waals surface area contributed by atoms with Crippen molar-refractivity contribution in [3.63, 3.8) is 0 Å². The first-order valence-electron chi connectivity index (χ1n) is 12.4. The molecule has 0 radical (unpaired) electrons. The molecule has 10 heteroatoms. The predicted octanol–water partition coefficient (Wildman–Crippen LogP) is -0.122. The highest BCUT2D eigenvalue weighted by molar-refractivity contribution is 6.38. The van der Waals surface area contributed by atoms with Crippen LogP contribution >= 0.6 is 0 Å². The van der Waals surface area contributed by atoms with Crippen LogP contribution in [0.5, 0.6) is 0 Å². The average Bonchev–Trinajstić information content (AvgIpc) is 3.57. The summed E-state index contributed by atoms with van der Waals surface area (Å²) in [5.41, 5.74) is 0.275. The molecule has 4 amide bonds. The second-order valence-corrected chi connectivity index (χ2v) is 9.73. The maximum absolute atomic E-state index is 13.2. The Morgan fingerprint density at radius 3 is 2.16 bits per heavy atom. The predicted molar refractivity (Wildman–Crippen MR) is 132 cm³/mol. The largest absolute Gasteiger partial charge is 0.372 e. The molecule has 5 rings (SSSR count). The minimum Gasteiger partial charge on any atom is -0.372 e. The summed E-state index contributed by atoms with van der Waals surface area (Å²) in [6, 6.07) is 12.8. The van der Waals surface area contributed by atoms with Crippen LogP contribution in [0.4, 0.5) is 0 Å². The lowest BCUT2D eigenvalue weighted by Crippen LogP contribution is -2.52. The molecule has 2 aromatic carbocycles. The van der Waals surface area contributed by atoms with E-state index >= 15 is 0 Å². The van der Waals surface area contributed by atoms with E-state index in [2.05, 4.69) is 21.3 Å². The Balaban J connectivity index is 1.27. The van der Waals surface area contributed by atoms with E-state index in [1.165, 1.54) is 0 Å². The number of hydrogen-bond acceptors (Lipinski definition) is 6. The zero-order chi connectivity index (χ0) is 26.2. The Bertz CT molecular complexity index is 1240. The van der Waals surface area contributed by atoms with Gasteiger partial charge in [0.1, 0.15) is 0 Å². The van der Waals surface area contributed by atoms with Gasteiger partial charge in [0.2, 0.25) is 17.6 Å². The van der Waals surface area contributed by atoms with Crippen molar-refractivity contribution in [1.29, 1.82) is 0 Å². The lowest BCUT2D eigenvalue weighted by atomic mass is 9.90. The molecule has 2 aliphatic carbocycles. The first kappa shape index (κ1) is 24.6. The molecule has 0 aromatic heterocycles. The third-order valence-corrected chi connectivity index (χ3v) is 7.13. The molecule has 0 spiro atoms.